The summed E-state index contributed by atoms with van der Waals surface area (Å²) in [6.07, 6.45) is 2.03. The van der Waals surface area contributed by atoms with Crippen LogP contribution < -0.4 is 17.0 Å². The lowest BCUT2D eigenvalue weighted by Crippen LogP contribution is -2.30. The number of nitrogens with two attached hydrogens (primary N) is 2. The molecule has 1 aromatic heterocycles. The van der Waals surface area contributed by atoms with Crippen LogP contribution >= 0.6 is 11.8 Å². The molecule has 1 rings (SSSR count). The Hall–Kier alpha value is -1.27. The monoisotopic (exact) mass is 212 g/mol. The SMILES string of the molecule is NNC(=O)CCSc1ncccc1N. The molecule has 14 heavy (non-hydrogen) atoms. The van der Waals surface area contributed by atoms with Gasteiger partial charge in [0, 0.05) is 18.4 Å². The van der Waals surface area contributed by atoms with Crippen LogP contribution in [0.25, 0.3) is 0 Å². The summed E-state index contributed by atoms with van der Waals surface area (Å²) in [5, 5.41) is 0.748. The molecule has 5 N–H and O–H groups in total. The molecule has 0 aliphatic rings. The number of nitrogen functional groups attached to an aromatic ring is 1. The number of hydrogen-bond donors (Lipinski definition) is 3. The van der Waals surface area contributed by atoms with Gasteiger partial charge in [0.1, 0.15) is 5.03 Å². The van der Waals surface area contributed by atoms with Crippen molar-refractivity contribution in [1.82, 2.24) is 10.4 Å². The standard InChI is InChI=1S/C8H12N4OS/c9-6-2-1-4-11-8(6)14-5-3-7(13)12-10/h1-2,4H,3,5,9-10H2,(H,12,13). The van der Waals surface area contributed by atoms with Crippen LogP contribution in [0, 0.1) is 0 Å². The van der Waals surface area contributed by atoms with Crippen LogP contribution in [-0.4, -0.2) is 16.6 Å². The van der Waals surface area contributed by atoms with Crippen LogP contribution in [0.1, 0.15) is 6.42 Å². The van der Waals surface area contributed by atoms with Crippen LogP contribution in [0.15, 0.2) is 23.4 Å². The van der Waals surface area contributed by atoms with Crippen molar-refractivity contribution in [3.8, 4) is 0 Å². The number of aromatic nitrogens is 1. The highest BCUT2D eigenvalue weighted by Crippen LogP contribution is 2.21. The Morgan fingerprint density at radius 2 is 2.43 bits per heavy atom. The Bertz CT molecular complexity index is 318. The fourth-order valence-electron chi connectivity index (χ4n) is 0.836. The lowest BCUT2D eigenvalue weighted by molar-refractivity contribution is -0.120. The van der Waals surface area contributed by atoms with Crippen molar-refractivity contribution < 1.29 is 4.79 Å². The average molecular weight is 212 g/mol. The Labute approximate surface area is 86.2 Å². The van der Waals surface area contributed by atoms with Crippen molar-refractivity contribution in [3.05, 3.63) is 18.3 Å². The highest BCUT2D eigenvalue weighted by molar-refractivity contribution is 7.99. The quantitative estimate of drug-likeness (QED) is 0.285. The number of thioether (sulfide) groups is 1. The summed E-state index contributed by atoms with van der Waals surface area (Å²) < 4.78 is 0. The Balaban J connectivity index is 2.39. The summed E-state index contributed by atoms with van der Waals surface area (Å²) in [5.74, 6) is 5.36. The summed E-state index contributed by atoms with van der Waals surface area (Å²) in [7, 11) is 0. The number of hydrogen-bond acceptors (Lipinski definition) is 5. The van der Waals surface area contributed by atoms with Crippen molar-refractivity contribution in [1.29, 1.82) is 0 Å². The lowest BCUT2D eigenvalue weighted by Gasteiger charge is -2.02. The molecule has 0 aromatic carbocycles. The predicted octanol–water partition coefficient (Wildman–Crippen LogP) is 0.136. The summed E-state index contributed by atoms with van der Waals surface area (Å²) in [6.45, 7) is 0. The van der Waals surface area contributed by atoms with Crippen molar-refractivity contribution in [2.45, 2.75) is 11.4 Å². The van der Waals surface area contributed by atoms with Gasteiger partial charge in [0.25, 0.3) is 0 Å². The smallest absolute Gasteiger partial charge is 0.234 e. The maximum absolute atomic E-state index is 10.8. The molecule has 0 radical (unpaired) electrons. The summed E-state index contributed by atoms with van der Waals surface area (Å²) in [5.41, 5.74) is 8.35. The Morgan fingerprint density at radius 3 is 3.07 bits per heavy atom. The van der Waals surface area contributed by atoms with Crippen molar-refractivity contribution in [2.24, 2.45) is 5.84 Å². The highest BCUT2D eigenvalue weighted by Gasteiger charge is 2.02. The molecule has 0 aliphatic carbocycles. The van der Waals surface area contributed by atoms with Gasteiger partial charge in [0.15, 0.2) is 0 Å². The van der Waals surface area contributed by atoms with Gasteiger partial charge >= 0.3 is 0 Å². The summed E-state index contributed by atoms with van der Waals surface area (Å²) in [6, 6.07) is 3.55. The third-order valence-electron chi connectivity index (χ3n) is 1.53. The second kappa shape index (κ2) is 5.46. The van der Waals surface area contributed by atoms with E-state index in [-0.39, 0.29) is 5.91 Å². The van der Waals surface area contributed by atoms with Crippen molar-refractivity contribution in [2.75, 3.05) is 11.5 Å². The second-order valence-corrected chi connectivity index (χ2v) is 3.65. The van der Waals surface area contributed by atoms with E-state index < -0.39 is 0 Å². The van der Waals surface area contributed by atoms with E-state index in [4.69, 9.17) is 11.6 Å². The third kappa shape index (κ3) is 3.23. The number of anilines is 1. The lowest BCUT2D eigenvalue weighted by atomic mass is 10.4. The first-order chi connectivity index (χ1) is 6.74. The van der Waals surface area contributed by atoms with E-state index in [9.17, 15) is 4.79 Å². The van der Waals surface area contributed by atoms with Gasteiger partial charge in [-0.05, 0) is 12.1 Å². The number of nitrogens with zero attached hydrogens (tertiary/aromatic N) is 1. The molecule has 0 aliphatic heterocycles. The van der Waals surface area contributed by atoms with Crippen molar-refractivity contribution in [3.63, 3.8) is 0 Å². The van der Waals surface area contributed by atoms with Crippen LogP contribution in [0.3, 0.4) is 0 Å². The normalized spacial score (nSPS) is 9.79. The average Bonchev–Trinajstić information content (AvgIpc) is 2.20. The van der Waals surface area contributed by atoms with Gasteiger partial charge in [-0.2, -0.15) is 0 Å². The number of carbonyl (C=O) groups excluding carboxylic acids is 1. The van der Waals surface area contributed by atoms with Gasteiger partial charge in [-0.15, -0.1) is 11.8 Å². The maximum Gasteiger partial charge on any atom is 0.234 e. The molecule has 76 valence electrons. The van der Waals surface area contributed by atoms with E-state index in [0.29, 0.717) is 17.9 Å². The Kier molecular flexibility index (Phi) is 4.21. The first-order valence-electron chi connectivity index (χ1n) is 4.06. The van der Waals surface area contributed by atoms with E-state index >= 15 is 0 Å². The minimum absolute atomic E-state index is 0.188. The Morgan fingerprint density at radius 1 is 1.64 bits per heavy atom. The number of pyridine rings is 1. The zero-order chi connectivity index (χ0) is 10.4. The minimum Gasteiger partial charge on any atom is -0.397 e. The molecule has 0 bridgehead atoms. The molecule has 0 atom stereocenters. The van der Waals surface area contributed by atoms with Gasteiger partial charge in [-0.25, -0.2) is 10.8 Å². The highest BCUT2D eigenvalue weighted by atomic mass is 32.2. The molecular formula is C8H12N4OS. The fourth-order valence-corrected chi connectivity index (χ4v) is 1.69. The number of rotatable bonds is 4. The molecule has 0 saturated carbocycles. The maximum atomic E-state index is 10.8. The van der Waals surface area contributed by atoms with Crippen molar-refractivity contribution >= 4 is 23.4 Å². The fraction of sp³-hybridized carbons (Fsp3) is 0.250. The van der Waals surface area contributed by atoms with Gasteiger partial charge in [0.2, 0.25) is 5.91 Å². The van der Waals surface area contributed by atoms with Gasteiger partial charge in [0.05, 0.1) is 5.69 Å². The molecule has 0 saturated heterocycles. The molecule has 0 unspecified atom stereocenters. The molecule has 6 heteroatoms. The molecule has 1 aromatic rings. The van der Waals surface area contributed by atoms with Crippen LogP contribution in [0.4, 0.5) is 5.69 Å². The predicted molar refractivity (Wildman–Crippen MR) is 56.3 cm³/mol. The third-order valence-corrected chi connectivity index (χ3v) is 2.55. The zero-order valence-electron chi connectivity index (χ0n) is 7.56. The number of hydrazine groups is 1. The summed E-state index contributed by atoms with van der Waals surface area (Å²) >= 11 is 1.44. The van der Waals surface area contributed by atoms with E-state index in [1.165, 1.54) is 11.8 Å². The van der Waals surface area contributed by atoms with E-state index in [0.717, 1.165) is 5.03 Å². The first-order valence-corrected chi connectivity index (χ1v) is 5.05. The molecule has 0 spiro atoms. The van der Waals surface area contributed by atoms with Gasteiger partial charge < -0.3 is 5.73 Å². The van der Waals surface area contributed by atoms with Gasteiger partial charge in [-0.1, -0.05) is 0 Å². The van der Waals surface area contributed by atoms with E-state index in [2.05, 4.69) is 10.4 Å². The molecule has 0 fully saturated rings. The van der Waals surface area contributed by atoms with Crippen LogP contribution in [0.5, 0.6) is 0 Å². The first kappa shape index (κ1) is 10.8. The van der Waals surface area contributed by atoms with E-state index in [1.54, 1.807) is 18.3 Å². The number of amides is 1. The molecule has 1 heterocycles. The topological polar surface area (TPSA) is 94.0 Å². The van der Waals surface area contributed by atoms with Crippen LogP contribution in [-0.2, 0) is 4.79 Å². The second-order valence-electron chi connectivity index (χ2n) is 2.56. The summed E-state index contributed by atoms with van der Waals surface area (Å²) in [4.78, 5) is 14.9. The number of nitrogens with one attached hydrogen (secondary N) is 1. The van der Waals surface area contributed by atoms with E-state index in [1.807, 2.05) is 0 Å². The number of carbonyl (C=O) groups is 1. The largest absolute Gasteiger partial charge is 0.397 e. The molecule has 1 amide bonds. The minimum atomic E-state index is -0.188. The zero-order valence-corrected chi connectivity index (χ0v) is 8.38. The van der Waals surface area contributed by atoms with Crippen LogP contribution in [0.2, 0.25) is 0 Å². The molecular weight excluding hydrogens is 200 g/mol. The molecule has 5 nitrogen and oxygen atoms in total. The van der Waals surface area contributed by atoms with Gasteiger partial charge in [-0.3, -0.25) is 10.2 Å².